The fraction of sp³-hybridized carbons (Fsp3) is 0.261. The second-order valence-corrected chi connectivity index (χ2v) is 7.30. The molecular formula is C23H23N. The molecule has 24 heavy (non-hydrogen) atoms. The van der Waals surface area contributed by atoms with Crippen LogP contribution in [0, 0.1) is 12.3 Å². The van der Waals surface area contributed by atoms with E-state index in [-0.39, 0.29) is 5.41 Å². The van der Waals surface area contributed by atoms with Crippen LogP contribution in [-0.4, -0.2) is 0 Å². The van der Waals surface area contributed by atoms with Crippen LogP contribution in [0.4, 0.5) is 0 Å². The molecule has 0 N–H and O–H groups in total. The predicted molar refractivity (Wildman–Crippen MR) is 100 cm³/mol. The minimum absolute atomic E-state index is 0.0145. The molecule has 4 rings (SSSR count). The van der Waals surface area contributed by atoms with Gasteiger partial charge in [0.2, 0.25) is 0 Å². The maximum Gasteiger partial charge on any atom is 0.0716 e. The summed E-state index contributed by atoms with van der Waals surface area (Å²) in [6, 6.07) is 17.2. The standard InChI is InChI=1S/C23H23N/c1-15-9-5-6-10-18(15)13-23(4)14-21-22(16(2)17(23)3)19-11-7-8-12-20(19)24-21/h5-12,14H,13H2,1-4H3. The fourth-order valence-electron chi connectivity index (χ4n) is 4.02. The van der Waals surface area contributed by atoms with Gasteiger partial charge >= 0.3 is 0 Å². The topological polar surface area (TPSA) is 12.4 Å². The quantitative estimate of drug-likeness (QED) is 0.785. The largest absolute Gasteiger partial charge is 0.248 e. The van der Waals surface area contributed by atoms with Gasteiger partial charge in [0.05, 0.1) is 11.1 Å². The van der Waals surface area contributed by atoms with E-state index in [0.717, 1.165) is 17.5 Å². The number of nitrogens with zero attached hydrogens (tertiary/aromatic N) is 1. The first-order valence-corrected chi connectivity index (χ1v) is 8.64. The normalized spacial score (nSPS) is 22.0. The van der Waals surface area contributed by atoms with Crippen molar-refractivity contribution in [1.29, 1.82) is 0 Å². The third-order valence-electron chi connectivity index (χ3n) is 5.74. The Bertz CT molecular complexity index is 1020. The summed E-state index contributed by atoms with van der Waals surface area (Å²) in [7, 11) is 0. The van der Waals surface area contributed by atoms with E-state index in [1.54, 1.807) is 0 Å². The van der Waals surface area contributed by atoms with Gasteiger partial charge < -0.3 is 0 Å². The molecule has 0 aromatic heterocycles. The Balaban J connectivity index is 1.88. The van der Waals surface area contributed by atoms with Gasteiger partial charge in [0, 0.05) is 16.2 Å². The van der Waals surface area contributed by atoms with Crippen LogP contribution in [0.2, 0.25) is 0 Å². The van der Waals surface area contributed by atoms with Crippen molar-refractivity contribution in [1.82, 2.24) is 0 Å². The Morgan fingerprint density at radius 3 is 2.42 bits per heavy atom. The van der Waals surface area contributed by atoms with Gasteiger partial charge in [-0.15, -0.1) is 0 Å². The fourth-order valence-corrected chi connectivity index (χ4v) is 4.02. The van der Waals surface area contributed by atoms with Gasteiger partial charge in [0.25, 0.3) is 0 Å². The third-order valence-corrected chi connectivity index (χ3v) is 5.74. The third kappa shape index (κ3) is 2.19. The van der Waals surface area contributed by atoms with Crippen molar-refractivity contribution in [2.45, 2.75) is 34.1 Å². The second-order valence-electron chi connectivity index (χ2n) is 7.30. The smallest absolute Gasteiger partial charge is 0.0716 e. The highest BCUT2D eigenvalue weighted by Gasteiger charge is 2.33. The first-order chi connectivity index (χ1) is 11.5. The summed E-state index contributed by atoms with van der Waals surface area (Å²) in [5.74, 6) is 0. The molecule has 0 spiro atoms. The van der Waals surface area contributed by atoms with Crippen LogP contribution < -0.4 is 10.6 Å². The molecule has 0 radical (unpaired) electrons. The summed E-state index contributed by atoms with van der Waals surface area (Å²) in [5, 5.41) is 2.38. The number of aryl methyl sites for hydroxylation is 1. The number of hydrogen-bond donors (Lipinski definition) is 0. The molecule has 0 saturated heterocycles. The van der Waals surface area contributed by atoms with E-state index >= 15 is 0 Å². The lowest BCUT2D eigenvalue weighted by Crippen LogP contribution is -2.26. The van der Waals surface area contributed by atoms with Crippen molar-refractivity contribution < 1.29 is 0 Å². The minimum Gasteiger partial charge on any atom is -0.248 e. The van der Waals surface area contributed by atoms with Crippen molar-refractivity contribution in [2.24, 2.45) is 10.4 Å². The average Bonchev–Trinajstić information content (AvgIpc) is 2.92. The van der Waals surface area contributed by atoms with Crippen molar-refractivity contribution in [3.05, 3.63) is 93.2 Å². The highest BCUT2D eigenvalue weighted by molar-refractivity contribution is 5.82. The van der Waals surface area contributed by atoms with Crippen LogP contribution in [0.1, 0.15) is 31.9 Å². The second kappa shape index (κ2) is 5.31. The molecule has 1 aliphatic carbocycles. The van der Waals surface area contributed by atoms with Crippen LogP contribution in [0.3, 0.4) is 0 Å². The maximum atomic E-state index is 4.91. The lowest BCUT2D eigenvalue weighted by Gasteiger charge is -2.34. The Hall–Kier alpha value is -2.41. The molecule has 1 atom stereocenters. The van der Waals surface area contributed by atoms with E-state index in [0.29, 0.717) is 0 Å². The zero-order valence-corrected chi connectivity index (χ0v) is 14.9. The van der Waals surface area contributed by atoms with Crippen molar-refractivity contribution in [3.8, 4) is 0 Å². The number of fused-ring (bicyclic) bond motifs is 2. The molecular weight excluding hydrogens is 290 g/mol. The summed E-state index contributed by atoms with van der Waals surface area (Å²) < 4.78 is 0. The average molecular weight is 313 g/mol. The minimum atomic E-state index is 0.0145. The molecule has 1 heteroatoms. The molecule has 1 aliphatic heterocycles. The number of allylic oxidation sites excluding steroid dienone is 3. The molecule has 2 aliphatic rings. The zero-order chi connectivity index (χ0) is 16.9. The molecule has 1 nitrogen and oxygen atoms in total. The first kappa shape index (κ1) is 15.1. The molecule has 1 heterocycles. The molecule has 0 bridgehead atoms. The lowest BCUT2D eigenvalue weighted by molar-refractivity contribution is 0.499. The van der Waals surface area contributed by atoms with Gasteiger partial charge in [0.15, 0.2) is 0 Å². The van der Waals surface area contributed by atoms with Crippen molar-refractivity contribution in [2.75, 3.05) is 0 Å². The Kier molecular flexibility index (Phi) is 3.35. The highest BCUT2D eigenvalue weighted by atomic mass is 14.8. The molecule has 0 amide bonds. The molecule has 2 aromatic rings. The summed E-state index contributed by atoms with van der Waals surface area (Å²) in [6.45, 7) is 9.09. The number of benzene rings is 2. The van der Waals surface area contributed by atoms with Crippen LogP contribution in [0.15, 0.2) is 76.4 Å². The van der Waals surface area contributed by atoms with Gasteiger partial charge in [-0.25, -0.2) is 4.99 Å². The van der Waals surface area contributed by atoms with E-state index in [9.17, 15) is 0 Å². The Labute approximate surface area is 143 Å². The summed E-state index contributed by atoms with van der Waals surface area (Å²) in [5.41, 5.74) is 8.11. The van der Waals surface area contributed by atoms with Gasteiger partial charge in [-0.05, 0) is 56.0 Å². The maximum absolute atomic E-state index is 4.91. The van der Waals surface area contributed by atoms with E-state index < -0.39 is 0 Å². The molecule has 1 unspecified atom stereocenters. The first-order valence-electron chi connectivity index (χ1n) is 8.64. The van der Waals surface area contributed by atoms with E-state index in [4.69, 9.17) is 4.99 Å². The van der Waals surface area contributed by atoms with E-state index in [1.165, 1.54) is 33.1 Å². The van der Waals surface area contributed by atoms with Crippen molar-refractivity contribution in [3.63, 3.8) is 0 Å². The molecule has 0 saturated carbocycles. The van der Waals surface area contributed by atoms with Gasteiger partial charge in [-0.2, -0.15) is 0 Å². The van der Waals surface area contributed by atoms with E-state index in [2.05, 4.69) is 82.3 Å². The SMILES string of the molecule is CC1=C(C)C(C)(Cc2ccccc2C)C=C2N=c3ccccc3=C21. The summed E-state index contributed by atoms with van der Waals surface area (Å²) in [6.07, 6.45) is 3.41. The van der Waals surface area contributed by atoms with Gasteiger partial charge in [0.1, 0.15) is 0 Å². The van der Waals surface area contributed by atoms with Crippen LogP contribution in [-0.2, 0) is 6.42 Å². The molecule has 2 aromatic carbocycles. The monoisotopic (exact) mass is 313 g/mol. The van der Waals surface area contributed by atoms with Crippen LogP contribution >= 0.6 is 0 Å². The van der Waals surface area contributed by atoms with Gasteiger partial charge in [-0.1, -0.05) is 55.0 Å². The van der Waals surface area contributed by atoms with Gasteiger partial charge in [-0.3, -0.25) is 0 Å². The number of hydrogen-bond acceptors (Lipinski definition) is 1. The Morgan fingerprint density at radius 2 is 1.62 bits per heavy atom. The summed E-state index contributed by atoms with van der Waals surface area (Å²) >= 11 is 0. The van der Waals surface area contributed by atoms with Crippen molar-refractivity contribution >= 4 is 5.57 Å². The molecule has 120 valence electrons. The molecule has 0 fully saturated rings. The highest BCUT2D eigenvalue weighted by Crippen LogP contribution is 2.44. The predicted octanol–water partition coefficient (Wildman–Crippen LogP) is 4.26. The number of rotatable bonds is 2. The van der Waals surface area contributed by atoms with Crippen LogP contribution in [0.25, 0.3) is 5.57 Å². The lowest BCUT2D eigenvalue weighted by atomic mass is 9.70. The number of para-hydroxylation sites is 1. The van der Waals surface area contributed by atoms with E-state index in [1.807, 2.05) is 0 Å². The van der Waals surface area contributed by atoms with Crippen LogP contribution in [0.5, 0.6) is 0 Å². The summed E-state index contributed by atoms with van der Waals surface area (Å²) in [4.78, 5) is 4.91. The Morgan fingerprint density at radius 1 is 0.917 bits per heavy atom. The zero-order valence-electron chi connectivity index (χ0n) is 14.9.